The maximum absolute atomic E-state index is 12.7. The first kappa shape index (κ1) is 17.9. The SMILES string of the molecule is CC1CCN(C(=O)C2CCC(C(=O)NCc3ccccn3)CC2)CC1. The van der Waals surface area contributed by atoms with Gasteiger partial charge in [-0.1, -0.05) is 13.0 Å². The molecule has 0 atom stereocenters. The van der Waals surface area contributed by atoms with Crippen LogP contribution in [0.2, 0.25) is 0 Å². The quantitative estimate of drug-likeness (QED) is 0.914. The molecule has 1 aliphatic carbocycles. The van der Waals surface area contributed by atoms with Crippen molar-refractivity contribution >= 4 is 11.8 Å². The standard InChI is InChI=1S/C20H29N3O2/c1-15-9-12-23(13-10-15)20(25)17-7-5-16(6-8-17)19(24)22-14-18-4-2-3-11-21-18/h2-4,11,15-17H,5-10,12-14H2,1H3,(H,22,24). The van der Waals surface area contributed by atoms with Gasteiger partial charge in [0.15, 0.2) is 0 Å². The van der Waals surface area contributed by atoms with E-state index in [2.05, 4.69) is 17.2 Å². The van der Waals surface area contributed by atoms with Gasteiger partial charge in [0.2, 0.25) is 11.8 Å². The molecule has 2 amide bonds. The minimum absolute atomic E-state index is 0.0362. The smallest absolute Gasteiger partial charge is 0.225 e. The third-order valence-corrected chi connectivity index (χ3v) is 5.71. The number of rotatable bonds is 4. The summed E-state index contributed by atoms with van der Waals surface area (Å²) in [6, 6.07) is 5.70. The van der Waals surface area contributed by atoms with Gasteiger partial charge < -0.3 is 10.2 Å². The molecule has 0 spiro atoms. The molecule has 0 radical (unpaired) electrons. The van der Waals surface area contributed by atoms with E-state index in [4.69, 9.17) is 0 Å². The van der Waals surface area contributed by atoms with Gasteiger partial charge in [0.25, 0.3) is 0 Å². The monoisotopic (exact) mass is 343 g/mol. The van der Waals surface area contributed by atoms with Gasteiger partial charge in [0, 0.05) is 31.1 Å². The lowest BCUT2D eigenvalue weighted by atomic mass is 9.80. The first-order valence-electron chi connectivity index (χ1n) is 9.60. The van der Waals surface area contributed by atoms with Crippen molar-refractivity contribution in [2.75, 3.05) is 13.1 Å². The van der Waals surface area contributed by atoms with E-state index in [1.807, 2.05) is 23.1 Å². The molecule has 3 rings (SSSR count). The highest BCUT2D eigenvalue weighted by Crippen LogP contribution is 2.31. The number of amides is 2. The van der Waals surface area contributed by atoms with Gasteiger partial charge >= 0.3 is 0 Å². The lowest BCUT2D eigenvalue weighted by Gasteiger charge is -2.35. The molecule has 5 heteroatoms. The fraction of sp³-hybridized carbons (Fsp3) is 0.650. The average Bonchev–Trinajstić information content (AvgIpc) is 2.67. The number of carbonyl (C=O) groups is 2. The molecule has 1 N–H and O–H groups in total. The van der Waals surface area contributed by atoms with E-state index in [0.29, 0.717) is 12.5 Å². The molecular weight excluding hydrogens is 314 g/mol. The van der Waals surface area contributed by atoms with Gasteiger partial charge in [-0.3, -0.25) is 14.6 Å². The van der Waals surface area contributed by atoms with E-state index in [-0.39, 0.29) is 17.7 Å². The van der Waals surface area contributed by atoms with E-state index in [1.165, 1.54) is 0 Å². The summed E-state index contributed by atoms with van der Waals surface area (Å²) in [5.74, 6) is 1.31. The second-order valence-corrected chi connectivity index (χ2v) is 7.60. The number of piperidine rings is 1. The molecule has 0 unspecified atom stereocenters. The molecule has 136 valence electrons. The Kier molecular flexibility index (Phi) is 6.05. The van der Waals surface area contributed by atoms with Crippen LogP contribution in [0.25, 0.3) is 0 Å². The van der Waals surface area contributed by atoms with Crippen LogP contribution in [-0.4, -0.2) is 34.8 Å². The zero-order chi connectivity index (χ0) is 17.6. The first-order valence-corrected chi connectivity index (χ1v) is 9.60. The van der Waals surface area contributed by atoms with Crippen molar-refractivity contribution < 1.29 is 9.59 Å². The Morgan fingerprint density at radius 2 is 1.76 bits per heavy atom. The fourth-order valence-electron chi connectivity index (χ4n) is 3.91. The number of hydrogen-bond donors (Lipinski definition) is 1. The molecular formula is C20H29N3O2. The van der Waals surface area contributed by atoms with Gasteiger partial charge in [-0.2, -0.15) is 0 Å². The average molecular weight is 343 g/mol. The Balaban J connectivity index is 1.42. The van der Waals surface area contributed by atoms with Crippen molar-refractivity contribution in [3.05, 3.63) is 30.1 Å². The van der Waals surface area contributed by atoms with Gasteiger partial charge in [0.1, 0.15) is 0 Å². The molecule has 2 aliphatic rings. The van der Waals surface area contributed by atoms with Crippen LogP contribution >= 0.6 is 0 Å². The van der Waals surface area contributed by atoms with Crippen LogP contribution in [0.15, 0.2) is 24.4 Å². The summed E-state index contributed by atoms with van der Waals surface area (Å²) < 4.78 is 0. The van der Waals surface area contributed by atoms with E-state index in [9.17, 15) is 9.59 Å². The number of pyridine rings is 1. The van der Waals surface area contributed by atoms with Crippen LogP contribution in [-0.2, 0) is 16.1 Å². The predicted octanol–water partition coefficient (Wildman–Crippen LogP) is 2.76. The van der Waals surface area contributed by atoms with Crippen molar-refractivity contribution in [1.82, 2.24) is 15.2 Å². The summed E-state index contributed by atoms with van der Waals surface area (Å²) in [5.41, 5.74) is 0.874. The van der Waals surface area contributed by atoms with Crippen LogP contribution < -0.4 is 5.32 Å². The summed E-state index contributed by atoms with van der Waals surface area (Å²) in [6.45, 7) is 4.55. The number of nitrogens with zero attached hydrogens (tertiary/aromatic N) is 2. The van der Waals surface area contributed by atoms with Crippen molar-refractivity contribution in [2.45, 2.75) is 52.0 Å². The Bertz CT molecular complexity index is 574. The van der Waals surface area contributed by atoms with E-state index >= 15 is 0 Å². The zero-order valence-corrected chi connectivity index (χ0v) is 15.1. The maximum atomic E-state index is 12.7. The highest BCUT2D eigenvalue weighted by Gasteiger charge is 2.33. The van der Waals surface area contributed by atoms with Crippen LogP contribution in [0, 0.1) is 17.8 Å². The summed E-state index contributed by atoms with van der Waals surface area (Å²) in [6.07, 6.45) is 7.29. The van der Waals surface area contributed by atoms with Gasteiger partial charge in [-0.15, -0.1) is 0 Å². The second-order valence-electron chi connectivity index (χ2n) is 7.60. The summed E-state index contributed by atoms with van der Waals surface area (Å²) in [4.78, 5) is 31.3. The zero-order valence-electron chi connectivity index (χ0n) is 15.1. The number of hydrogen-bond acceptors (Lipinski definition) is 3. The minimum atomic E-state index is 0.0362. The Hall–Kier alpha value is -1.91. The molecule has 2 heterocycles. The molecule has 1 aromatic rings. The van der Waals surface area contributed by atoms with Crippen molar-refractivity contribution in [1.29, 1.82) is 0 Å². The van der Waals surface area contributed by atoms with Crippen LogP contribution in [0.1, 0.15) is 51.1 Å². The summed E-state index contributed by atoms with van der Waals surface area (Å²) in [7, 11) is 0. The van der Waals surface area contributed by atoms with Crippen LogP contribution in [0.5, 0.6) is 0 Å². The topological polar surface area (TPSA) is 62.3 Å². The molecule has 25 heavy (non-hydrogen) atoms. The van der Waals surface area contributed by atoms with E-state index in [0.717, 1.165) is 63.2 Å². The molecule has 0 bridgehead atoms. The predicted molar refractivity (Wildman–Crippen MR) is 96.5 cm³/mol. The third kappa shape index (κ3) is 4.80. The molecule has 5 nitrogen and oxygen atoms in total. The van der Waals surface area contributed by atoms with Gasteiger partial charge in [0.05, 0.1) is 12.2 Å². The molecule has 1 aliphatic heterocycles. The maximum Gasteiger partial charge on any atom is 0.225 e. The largest absolute Gasteiger partial charge is 0.350 e. The lowest BCUT2D eigenvalue weighted by Crippen LogP contribution is -2.43. The van der Waals surface area contributed by atoms with Crippen molar-refractivity contribution in [2.24, 2.45) is 17.8 Å². The van der Waals surface area contributed by atoms with Crippen molar-refractivity contribution in [3.63, 3.8) is 0 Å². The molecule has 1 saturated carbocycles. The van der Waals surface area contributed by atoms with E-state index in [1.54, 1.807) is 6.20 Å². The van der Waals surface area contributed by atoms with Gasteiger partial charge in [-0.25, -0.2) is 0 Å². The molecule has 0 aromatic carbocycles. The molecule has 1 aromatic heterocycles. The molecule has 2 fully saturated rings. The number of aromatic nitrogens is 1. The Morgan fingerprint density at radius 1 is 1.08 bits per heavy atom. The Labute approximate surface area is 150 Å². The summed E-state index contributed by atoms with van der Waals surface area (Å²) >= 11 is 0. The number of likely N-dealkylation sites (tertiary alicyclic amines) is 1. The second kappa shape index (κ2) is 8.45. The highest BCUT2D eigenvalue weighted by molar-refractivity contribution is 5.81. The van der Waals surface area contributed by atoms with Gasteiger partial charge in [-0.05, 0) is 56.6 Å². The number of nitrogens with one attached hydrogen (secondary N) is 1. The summed E-state index contributed by atoms with van der Waals surface area (Å²) in [5, 5.41) is 2.98. The lowest BCUT2D eigenvalue weighted by molar-refractivity contribution is -0.139. The minimum Gasteiger partial charge on any atom is -0.350 e. The van der Waals surface area contributed by atoms with Crippen LogP contribution in [0.4, 0.5) is 0 Å². The third-order valence-electron chi connectivity index (χ3n) is 5.71. The van der Waals surface area contributed by atoms with Crippen LogP contribution in [0.3, 0.4) is 0 Å². The normalized spacial score (nSPS) is 24.8. The Morgan fingerprint density at radius 3 is 2.40 bits per heavy atom. The highest BCUT2D eigenvalue weighted by atomic mass is 16.2. The first-order chi connectivity index (χ1) is 12.1. The fourth-order valence-corrected chi connectivity index (χ4v) is 3.91. The van der Waals surface area contributed by atoms with Crippen molar-refractivity contribution in [3.8, 4) is 0 Å². The van der Waals surface area contributed by atoms with E-state index < -0.39 is 0 Å². The molecule has 1 saturated heterocycles. The number of carbonyl (C=O) groups excluding carboxylic acids is 2.